The van der Waals surface area contributed by atoms with E-state index in [4.69, 9.17) is 5.26 Å². The monoisotopic (exact) mass is 228 g/mol. The summed E-state index contributed by atoms with van der Waals surface area (Å²) in [6, 6.07) is 10.2. The molecule has 1 aromatic rings. The fraction of sp³-hybridized carbons (Fsp3) is 0.429. The summed E-state index contributed by atoms with van der Waals surface area (Å²) in [7, 11) is 2.04. The quantitative estimate of drug-likeness (QED) is 0.781. The standard InChI is InChI=1S/C14H16N2O/c1-16(12-5-7-14(17)8-6-12)13-4-2-3-11(9-13)10-15/h2-4,9,12H,5-8H2,1H3. The van der Waals surface area contributed by atoms with Gasteiger partial charge < -0.3 is 4.90 Å². The van der Waals surface area contributed by atoms with Crippen LogP contribution in [0.2, 0.25) is 0 Å². The number of carbonyl (C=O) groups excluding carboxylic acids is 1. The SMILES string of the molecule is CN(c1cccc(C#N)c1)C1CCC(=O)CC1. The van der Waals surface area contributed by atoms with E-state index in [1.807, 2.05) is 31.3 Å². The molecule has 88 valence electrons. The van der Waals surface area contributed by atoms with Crippen molar-refractivity contribution < 1.29 is 4.79 Å². The van der Waals surface area contributed by atoms with Gasteiger partial charge in [0.1, 0.15) is 5.78 Å². The summed E-state index contributed by atoms with van der Waals surface area (Å²) >= 11 is 0. The number of anilines is 1. The minimum Gasteiger partial charge on any atom is -0.372 e. The van der Waals surface area contributed by atoms with Crippen LogP contribution in [-0.2, 0) is 4.79 Å². The number of hydrogen-bond donors (Lipinski definition) is 0. The fourth-order valence-corrected chi connectivity index (χ4v) is 2.32. The van der Waals surface area contributed by atoms with Gasteiger partial charge in [-0.15, -0.1) is 0 Å². The average Bonchev–Trinajstić information content (AvgIpc) is 2.39. The minimum absolute atomic E-state index is 0.375. The molecule has 3 nitrogen and oxygen atoms in total. The maximum atomic E-state index is 11.2. The highest BCUT2D eigenvalue weighted by atomic mass is 16.1. The first-order valence-corrected chi connectivity index (χ1v) is 5.95. The number of ketones is 1. The molecule has 0 aliphatic heterocycles. The predicted octanol–water partition coefficient (Wildman–Crippen LogP) is 2.51. The number of nitriles is 1. The van der Waals surface area contributed by atoms with Crippen LogP contribution in [0.15, 0.2) is 24.3 Å². The molecule has 1 aromatic carbocycles. The van der Waals surface area contributed by atoms with Crippen LogP contribution in [-0.4, -0.2) is 18.9 Å². The molecular formula is C14H16N2O. The van der Waals surface area contributed by atoms with Crippen molar-refractivity contribution in [2.45, 2.75) is 31.7 Å². The summed E-state index contributed by atoms with van der Waals surface area (Å²) in [4.78, 5) is 13.4. The molecule has 0 radical (unpaired) electrons. The summed E-state index contributed by atoms with van der Waals surface area (Å²) < 4.78 is 0. The Balaban J connectivity index is 2.11. The van der Waals surface area contributed by atoms with Crippen molar-refractivity contribution in [1.29, 1.82) is 5.26 Å². The summed E-state index contributed by atoms with van der Waals surface area (Å²) in [5, 5.41) is 8.88. The minimum atomic E-state index is 0.375. The maximum Gasteiger partial charge on any atom is 0.133 e. The van der Waals surface area contributed by atoms with Crippen LogP contribution in [0.25, 0.3) is 0 Å². The van der Waals surface area contributed by atoms with Crippen molar-refractivity contribution in [3.63, 3.8) is 0 Å². The molecule has 1 aliphatic carbocycles. The zero-order valence-electron chi connectivity index (χ0n) is 10.0. The van der Waals surface area contributed by atoms with Gasteiger partial charge in [0.25, 0.3) is 0 Å². The maximum absolute atomic E-state index is 11.2. The second kappa shape index (κ2) is 5.01. The third-order valence-corrected chi connectivity index (χ3v) is 3.44. The zero-order valence-corrected chi connectivity index (χ0v) is 10.0. The first-order valence-electron chi connectivity index (χ1n) is 5.95. The van der Waals surface area contributed by atoms with Gasteiger partial charge in [-0.2, -0.15) is 5.26 Å². The molecule has 0 saturated heterocycles. The van der Waals surface area contributed by atoms with Crippen LogP contribution >= 0.6 is 0 Å². The van der Waals surface area contributed by atoms with Crippen LogP contribution in [0.4, 0.5) is 5.69 Å². The normalized spacial score (nSPS) is 16.6. The molecule has 17 heavy (non-hydrogen) atoms. The van der Waals surface area contributed by atoms with E-state index in [0.717, 1.165) is 18.5 Å². The van der Waals surface area contributed by atoms with Crippen molar-refractivity contribution in [3.8, 4) is 6.07 Å². The van der Waals surface area contributed by atoms with Gasteiger partial charge in [-0.25, -0.2) is 0 Å². The molecule has 3 heteroatoms. The lowest BCUT2D eigenvalue weighted by Crippen LogP contribution is -2.35. The Hall–Kier alpha value is -1.82. The molecule has 0 aromatic heterocycles. The van der Waals surface area contributed by atoms with Gasteiger partial charge in [-0.1, -0.05) is 6.07 Å². The van der Waals surface area contributed by atoms with E-state index in [-0.39, 0.29) is 0 Å². The van der Waals surface area contributed by atoms with E-state index < -0.39 is 0 Å². The molecular weight excluding hydrogens is 212 g/mol. The Bertz CT molecular complexity index is 452. The average molecular weight is 228 g/mol. The summed E-state index contributed by atoms with van der Waals surface area (Å²) in [6.07, 6.45) is 3.22. The van der Waals surface area contributed by atoms with Gasteiger partial charge in [0, 0.05) is 31.6 Å². The molecule has 1 aliphatic rings. The second-order valence-electron chi connectivity index (χ2n) is 4.54. The third-order valence-electron chi connectivity index (χ3n) is 3.44. The zero-order chi connectivity index (χ0) is 12.3. The number of carbonyl (C=O) groups is 1. The van der Waals surface area contributed by atoms with Crippen LogP contribution in [0.1, 0.15) is 31.2 Å². The van der Waals surface area contributed by atoms with E-state index in [9.17, 15) is 4.79 Å². The van der Waals surface area contributed by atoms with Crippen molar-refractivity contribution in [2.24, 2.45) is 0 Å². The molecule has 0 spiro atoms. The molecule has 0 bridgehead atoms. The van der Waals surface area contributed by atoms with E-state index in [1.54, 1.807) is 0 Å². The van der Waals surface area contributed by atoms with E-state index in [0.29, 0.717) is 30.2 Å². The molecule has 0 unspecified atom stereocenters. The summed E-state index contributed by atoms with van der Waals surface area (Å²) in [5.74, 6) is 0.375. The van der Waals surface area contributed by atoms with Crippen molar-refractivity contribution in [3.05, 3.63) is 29.8 Å². The second-order valence-corrected chi connectivity index (χ2v) is 4.54. The topological polar surface area (TPSA) is 44.1 Å². The molecule has 0 atom stereocenters. The predicted molar refractivity (Wildman–Crippen MR) is 66.8 cm³/mol. The van der Waals surface area contributed by atoms with Gasteiger partial charge >= 0.3 is 0 Å². The first-order chi connectivity index (χ1) is 8.20. The Morgan fingerprint density at radius 3 is 2.71 bits per heavy atom. The number of benzene rings is 1. The highest BCUT2D eigenvalue weighted by molar-refractivity contribution is 5.79. The highest BCUT2D eigenvalue weighted by Crippen LogP contribution is 2.25. The van der Waals surface area contributed by atoms with E-state index >= 15 is 0 Å². The van der Waals surface area contributed by atoms with Crippen molar-refractivity contribution in [1.82, 2.24) is 0 Å². The van der Waals surface area contributed by atoms with Gasteiger partial charge in [0.05, 0.1) is 11.6 Å². The molecule has 1 fully saturated rings. The first kappa shape index (κ1) is 11.7. The number of hydrogen-bond acceptors (Lipinski definition) is 3. The Morgan fingerprint density at radius 2 is 2.06 bits per heavy atom. The Morgan fingerprint density at radius 1 is 1.35 bits per heavy atom. The molecule has 1 saturated carbocycles. The third kappa shape index (κ3) is 2.65. The van der Waals surface area contributed by atoms with Crippen molar-refractivity contribution >= 4 is 11.5 Å². The number of Topliss-reactive ketones (excluding diaryl/α,β-unsaturated/α-hetero) is 1. The Labute approximate surface area is 102 Å². The highest BCUT2D eigenvalue weighted by Gasteiger charge is 2.22. The summed E-state index contributed by atoms with van der Waals surface area (Å²) in [5.41, 5.74) is 1.74. The van der Waals surface area contributed by atoms with Gasteiger partial charge in [-0.05, 0) is 31.0 Å². The van der Waals surface area contributed by atoms with E-state index in [1.165, 1.54) is 0 Å². The van der Waals surface area contributed by atoms with Crippen LogP contribution in [0.3, 0.4) is 0 Å². The molecule has 0 amide bonds. The lowest BCUT2D eigenvalue weighted by molar-refractivity contribution is -0.120. The smallest absolute Gasteiger partial charge is 0.133 e. The van der Waals surface area contributed by atoms with Crippen molar-refractivity contribution in [2.75, 3.05) is 11.9 Å². The number of nitrogens with zero attached hydrogens (tertiary/aromatic N) is 2. The Kier molecular flexibility index (Phi) is 3.43. The van der Waals surface area contributed by atoms with Gasteiger partial charge in [0.15, 0.2) is 0 Å². The lowest BCUT2D eigenvalue weighted by atomic mass is 9.93. The molecule has 0 heterocycles. The lowest BCUT2D eigenvalue weighted by Gasteiger charge is -2.32. The van der Waals surface area contributed by atoms with Crippen LogP contribution in [0.5, 0.6) is 0 Å². The summed E-state index contributed by atoms with van der Waals surface area (Å²) in [6.45, 7) is 0. The largest absolute Gasteiger partial charge is 0.372 e. The number of rotatable bonds is 2. The fourth-order valence-electron chi connectivity index (χ4n) is 2.32. The van der Waals surface area contributed by atoms with Gasteiger partial charge in [0.2, 0.25) is 0 Å². The van der Waals surface area contributed by atoms with E-state index in [2.05, 4.69) is 11.0 Å². The molecule has 0 N–H and O–H groups in total. The van der Waals surface area contributed by atoms with Gasteiger partial charge in [-0.3, -0.25) is 4.79 Å². The van der Waals surface area contributed by atoms with Crippen LogP contribution < -0.4 is 4.90 Å². The molecule has 2 rings (SSSR count). The van der Waals surface area contributed by atoms with Crippen LogP contribution in [0, 0.1) is 11.3 Å².